The number of ether oxygens (including phenoxy) is 1. The van der Waals surface area contributed by atoms with Gasteiger partial charge in [-0.2, -0.15) is 13.2 Å². The minimum atomic E-state index is -4.34. The Bertz CT molecular complexity index is 510. The van der Waals surface area contributed by atoms with Gasteiger partial charge in [-0.15, -0.1) is 24.0 Å². The van der Waals surface area contributed by atoms with Crippen molar-refractivity contribution in [2.75, 3.05) is 27.2 Å². The van der Waals surface area contributed by atoms with E-state index in [-0.39, 0.29) is 29.7 Å². The van der Waals surface area contributed by atoms with Gasteiger partial charge in [0.15, 0.2) is 12.6 Å². The van der Waals surface area contributed by atoms with Crippen LogP contribution < -0.4 is 10.1 Å². The van der Waals surface area contributed by atoms with Gasteiger partial charge in [0.05, 0.1) is 0 Å². The van der Waals surface area contributed by atoms with Crippen molar-refractivity contribution in [2.45, 2.75) is 32.5 Å². The SMILES string of the molecule is CCCCN(C)C(=NC)NCc1cccc(OCC(F)(F)F)c1.I. The van der Waals surface area contributed by atoms with Gasteiger partial charge in [-0.25, -0.2) is 0 Å². The summed E-state index contributed by atoms with van der Waals surface area (Å²) in [6.07, 6.45) is -2.17. The first-order chi connectivity index (χ1) is 10.9. The lowest BCUT2D eigenvalue weighted by Gasteiger charge is -2.22. The highest BCUT2D eigenvalue weighted by molar-refractivity contribution is 14.0. The van der Waals surface area contributed by atoms with Crippen molar-refractivity contribution in [3.63, 3.8) is 0 Å². The number of aliphatic imine (C=N–C) groups is 1. The van der Waals surface area contributed by atoms with Crippen molar-refractivity contribution in [1.82, 2.24) is 10.2 Å². The van der Waals surface area contributed by atoms with Crippen molar-refractivity contribution in [2.24, 2.45) is 4.99 Å². The predicted octanol–water partition coefficient (Wildman–Crippen LogP) is 4.05. The van der Waals surface area contributed by atoms with Crippen LogP contribution >= 0.6 is 24.0 Å². The number of benzene rings is 1. The summed E-state index contributed by atoms with van der Waals surface area (Å²) < 4.78 is 41.3. The minimum absolute atomic E-state index is 0. The molecule has 8 heteroatoms. The number of alkyl halides is 3. The fourth-order valence-electron chi connectivity index (χ4n) is 1.98. The molecular weight excluding hydrogens is 434 g/mol. The lowest BCUT2D eigenvalue weighted by atomic mass is 10.2. The van der Waals surface area contributed by atoms with Gasteiger partial charge in [0, 0.05) is 27.2 Å². The highest BCUT2D eigenvalue weighted by atomic mass is 127. The molecule has 0 fully saturated rings. The molecule has 24 heavy (non-hydrogen) atoms. The molecule has 138 valence electrons. The van der Waals surface area contributed by atoms with E-state index in [2.05, 4.69) is 17.2 Å². The van der Waals surface area contributed by atoms with Gasteiger partial charge < -0.3 is 15.0 Å². The molecule has 0 amide bonds. The zero-order valence-corrected chi connectivity index (χ0v) is 16.5. The Morgan fingerprint density at radius 1 is 1.33 bits per heavy atom. The van der Waals surface area contributed by atoms with Crippen molar-refractivity contribution >= 4 is 29.9 Å². The lowest BCUT2D eigenvalue weighted by Crippen LogP contribution is -2.38. The number of nitrogens with one attached hydrogen (secondary N) is 1. The van der Waals surface area contributed by atoms with Gasteiger partial charge in [0.25, 0.3) is 0 Å². The van der Waals surface area contributed by atoms with Crippen molar-refractivity contribution < 1.29 is 17.9 Å². The summed E-state index contributed by atoms with van der Waals surface area (Å²) in [5.41, 5.74) is 0.828. The summed E-state index contributed by atoms with van der Waals surface area (Å²) >= 11 is 0. The molecule has 1 N–H and O–H groups in total. The van der Waals surface area contributed by atoms with Crippen LogP contribution in [0.25, 0.3) is 0 Å². The Kier molecular flexibility index (Phi) is 10.8. The monoisotopic (exact) mass is 459 g/mol. The van der Waals surface area contributed by atoms with Crippen LogP contribution in [0.1, 0.15) is 25.3 Å². The maximum absolute atomic E-state index is 12.2. The molecule has 4 nitrogen and oxygen atoms in total. The molecule has 1 aromatic rings. The third kappa shape index (κ3) is 9.19. The first-order valence-corrected chi connectivity index (χ1v) is 7.56. The highest BCUT2D eigenvalue weighted by Gasteiger charge is 2.28. The molecular formula is C16H25F3IN3O. The Labute approximate surface area is 158 Å². The van der Waals surface area contributed by atoms with E-state index >= 15 is 0 Å². The van der Waals surface area contributed by atoms with Crippen LogP contribution in [0.15, 0.2) is 29.3 Å². The third-order valence-electron chi connectivity index (χ3n) is 3.17. The summed E-state index contributed by atoms with van der Waals surface area (Å²) in [5.74, 6) is 0.955. The first kappa shape index (κ1) is 22.8. The van der Waals surface area contributed by atoms with E-state index in [4.69, 9.17) is 4.74 Å². The number of hydrogen-bond acceptors (Lipinski definition) is 2. The van der Waals surface area contributed by atoms with Gasteiger partial charge in [0.2, 0.25) is 0 Å². The largest absolute Gasteiger partial charge is 0.484 e. The number of guanidine groups is 1. The second kappa shape index (κ2) is 11.4. The fraction of sp³-hybridized carbons (Fsp3) is 0.562. The summed E-state index contributed by atoms with van der Waals surface area (Å²) in [7, 11) is 3.65. The Hall–Kier alpha value is -1.19. The molecule has 0 radical (unpaired) electrons. The molecule has 0 aliphatic carbocycles. The topological polar surface area (TPSA) is 36.9 Å². The number of rotatable bonds is 7. The number of unbranched alkanes of at least 4 members (excludes halogenated alkanes) is 1. The molecule has 0 saturated carbocycles. The van der Waals surface area contributed by atoms with Crippen LogP contribution in [0, 0.1) is 0 Å². The molecule has 1 aromatic carbocycles. The quantitative estimate of drug-likeness (QED) is 0.380. The van der Waals surface area contributed by atoms with E-state index in [9.17, 15) is 13.2 Å². The number of hydrogen-bond donors (Lipinski definition) is 1. The van der Waals surface area contributed by atoms with Crippen LogP contribution in [0.3, 0.4) is 0 Å². The van der Waals surface area contributed by atoms with Crippen LogP contribution in [0.5, 0.6) is 5.75 Å². The lowest BCUT2D eigenvalue weighted by molar-refractivity contribution is -0.153. The Balaban J connectivity index is 0.00000529. The molecule has 0 spiro atoms. The van der Waals surface area contributed by atoms with Crippen LogP contribution in [0.4, 0.5) is 13.2 Å². The molecule has 0 unspecified atom stereocenters. The summed E-state index contributed by atoms with van der Waals surface area (Å²) in [5, 5.41) is 3.19. The second-order valence-electron chi connectivity index (χ2n) is 5.23. The normalized spacial score (nSPS) is 11.7. The van der Waals surface area contributed by atoms with Crippen molar-refractivity contribution in [1.29, 1.82) is 0 Å². The molecule has 0 atom stereocenters. The zero-order valence-electron chi connectivity index (χ0n) is 14.2. The smallest absolute Gasteiger partial charge is 0.422 e. The van der Waals surface area contributed by atoms with Crippen molar-refractivity contribution in [3.8, 4) is 5.75 Å². The molecule has 0 aliphatic heterocycles. The predicted molar refractivity (Wildman–Crippen MR) is 101 cm³/mol. The summed E-state index contributed by atoms with van der Waals surface area (Å²) in [6, 6.07) is 6.61. The molecule has 0 saturated heterocycles. The van der Waals surface area contributed by atoms with E-state index < -0.39 is 12.8 Å². The van der Waals surface area contributed by atoms with E-state index in [0.717, 1.165) is 30.9 Å². The summed E-state index contributed by atoms with van der Waals surface area (Å²) in [4.78, 5) is 6.22. The summed E-state index contributed by atoms with van der Waals surface area (Å²) in [6.45, 7) is 2.19. The Morgan fingerprint density at radius 2 is 2.04 bits per heavy atom. The maximum atomic E-state index is 12.2. The average molecular weight is 459 g/mol. The number of halogens is 4. The first-order valence-electron chi connectivity index (χ1n) is 7.56. The van der Waals surface area contributed by atoms with E-state index in [1.54, 1.807) is 19.2 Å². The van der Waals surface area contributed by atoms with Crippen LogP contribution in [-0.2, 0) is 6.54 Å². The van der Waals surface area contributed by atoms with Gasteiger partial charge in [-0.3, -0.25) is 4.99 Å². The van der Waals surface area contributed by atoms with Gasteiger partial charge in [0.1, 0.15) is 5.75 Å². The molecule has 0 aromatic heterocycles. The van der Waals surface area contributed by atoms with Crippen molar-refractivity contribution in [3.05, 3.63) is 29.8 Å². The number of nitrogens with zero attached hydrogens (tertiary/aromatic N) is 2. The van der Waals surface area contributed by atoms with E-state index in [1.807, 2.05) is 18.0 Å². The van der Waals surface area contributed by atoms with Gasteiger partial charge >= 0.3 is 6.18 Å². The van der Waals surface area contributed by atoms with Gasteiger partial charge in [-0.1, -0.05) is 25.5 Å². The highest BCUT2D eigenvalue weighted by Crippen LogP contribution is 2.19. The van der Waals surface area contributed by atoms with Gasteiger partial charge in [-0.05, 0) is 24.1 Å². The van der Waals surface area contributed by atoms with E-state index in [1.165, 1.54) is 6.07 Å². The maximum Gasteiger partial charge on any atom is 0.422 e. The molecule has 0 bridgehead atoms. The molecule has 0 heterocycles. The van der Waals surface area contributed by atoms with Crippen LogP contribution in [0.2, 0.25) is 0 Å². The average Bonchev–Trinajstić information content (AvgIpc) is 2.51. The van der Waals surface area contributed by atoms with E-state index in [0.29, 0.717) is 6.54 Å². The Morgan fingerprint density at radius 3 is 2.62 bits per heavy atom. The second-order valence-corrected chi connectivity index (χ2v) is 5.23. The van der Waals surface area contributed by atoms with Crippen LogP contribution in [-0.4, -0.2) is 44.3 Å². The molecule has 1 rings (SSSR count). The standard InChI is InChI=1S/C16H24F3N3O.HI/c1-4-5-9-22(3)15(20-2)21-11-13-7-6-8-14(10-13)23-12-16(17,18)19;/h6-8,10H,4-5,9,11-12H2,1-3H3,(H,20,21);1H. The molecule has 0 aliphatic rings. The minimum Gasteiger partial charge on any atom is -0.484 e. The fourth-order valence-corrected chi connectivity index (χ4v) is 1.98. The third-order valence-corrected chi connectivity index (χ3v) is 3.17. The zero-order chi connectivity index (χ0) is 17.3.